The van der Waals surface area contributed by atoms with Gasteiger partial charge in [0, 0.05) is 29.7 Å². The highest BCUT2D eigenvalue weighted by Gasteiger charge is 2.25. The van der Waals surface area contributed by atoms with Gasteiger partial charge in [0.1, 0.15) is 17.0 Å². The number of nitrogens with two attached hydrogens (primary N) is 1. The molecule has 0 saturated heterocycles. The molecule has 9 nitrogen and oxygen atoms in total. The van der Waals surface area contributed by atoms with Crippen molar-refractivity contribution in [1.29, 1.82) is 0 Å². The van der Waals surface area contributed by atoms with Crippen molar-refractivity contribution in [3.8, 4) is 0 Å². The molecule has 0 amide bonds. The Morgan fingerprint density at radius 1 is 1.34 bits per heavy atom. The number of rotatable bonds is 5. The quantitative estimate of drug-likeness (QED) is 0.452. The van der Waals surface area contributed by atoms with Crippen LogP contribution in [0.5, 0.6) is 0 Å². The molecule has 0 aliphatic heterocycles. The van der Waals surface area contributed by atoms with Gasteiger partial charge < -0.3 is 10.2 Å². The minimum absolute atomic E-state index is 0.00269. The van der Waals surface area contributed by atoms with Crippen molar-refractivity contribution in [2.45, 2.75) is 36.7 Å². The van der Waals surface area contributed by atoms with Gasteiger partial charge in [0.2, 0.25) is 5.13 Å². The molecular weight excluding hydrogens is 457 g/mol. The van der Waals surface area contributed by atoms with E-state index >= 15 is 0 Å². The van der Waals surface area contributed by atoms with Gasteiger partial charge in [-0.1, -0.05) is 18.2 Å². The standard InChI is InChI=1S/C20H18FN5O4S2/c21-15-7-16-17(8-18(15)32(28,29)25-19-23-10-24-31-19)30-20(27)26(16)9-12-3-1-2-11-6-13(22)4-5-14(11)12/h1-3,7-8,10,13H,4-6,9,22H2,(H,23,24,25). The first kappa shape index (κ1) is 20.8. The van der Waals surface area contributed by atoms with E-state index in [1.807, 2.05) is 18.2 Å². The van der Waals surface area contributed by atoms with E-state index in [1.165, 1.54) is 10.9 Å². The predicted molar refractivity (Wildman–Crippen MR) is 117 cm³/mol. The Hall–Kier alpha value is -3.09. The summed E-state index contributed by atoms with van der Waals surface area (Å²) in [7, 11) is -4.29. The molecule has 166 valence electrons. The van der Waals surface area contributed by atoms with Gasteiger partial charge in [-0.15, -0.1) is 0 Å². The Morgan fingerprint density at radius 3 is 2.97 bits per heavy atom. The molecule has 1 aliphatic rings. The van der Waals surface area contributed by atoms with E-state index in [2.05, 4.69) is 14.1 Å². The number of benzene rings is 2. The Morgan fingerprint density at radius 2 is 2.19 bits per heavy atom. The number of hydrogen-bond acceptors (Lipinski definition) is 8. The molecule has 32 heavy (non-hydrogen) atoms. The Bertz CT molecular complexity index is 1480. The molecule has 4 aromatic rings. The first-order chi connectivity index (χ1) is 15.3. The molecule has 0 spiro atoms. The third-order valence-corrected chi connectivity index (χ3v) is 7.60. The average Bonchev–Trinajstić information content (AvgIpc) is 3.35. The van der Waals surface area contributed by atoms with E-state index in [4.69, 9.17) is 10.2 Å². The lowest BCUT2D eigenvalue weighted by molar-refractivity contribution is 0.514. The number of sulfonamides is 1. The summed E-state index contributed by atoms with van der Waals surface area (Å²) in [5.41, 5.74) is 9.42. The van der Waals surface area contributed by atoms with E-state index in [0.29, 0.717) is 0 Å². The maximum Gasteiger partial charge on any atom is 0.420 e. The molecule has 0 saturated carbocycles. The summed E-state index contributed by atoms with van der Waals surface area (Å²) in [6.45, 7) is 0.179. The van der Waals surface area contributed by atoms with Crippen LogP contribution in [0.4, 0.5) is 9.52 Å². The molecular formula is C20H18FN5O4S2. The lowest BCUT2D eigenvalue weighted by atomic mass is 9.86. The van der Waals surface area contributed by atoms with E-state index in [-0.39, 0.29) is 28.8 Å². The van der Waals surface area contributed by atoms with E-state index in [0.717, 1.165) is 59.6 Å². The zero-order valence-corrected chi connectivity index (χ0v) is 18.2. The summed E-state index contributed by atoms with van der Waals surface area (Å²) in [5, 5.41) is -0.00269. The SMILES string of the molecule is NC1CCc2c(cccc2Cn2c(=O)oc3cc(S(=O)(=O)Nc4ncns4)c(F)cc32)C1. The van der Waals surface area contributed by atoms with Gasteiger partial charge in [-0.3, -0.25) is 9.29 Å². The van der Waals surface area contributed by atoms with Crippen LogP contribution in [0, 0.1) is 5.82 Å². The third-order valence-electron chi connectivity index (χ3n) is 5.54. The normalized spacial score (nSPS) is 16.2. The zero-order chi connectivity index (χ0) is 22.5. The van der Waals surface area contributed by atoms with Gasteiger partial charge in [0.05, 0.1) is 12.1 Å². The third kappa shape index (κ3) is 3.70. The predicted octanol–water partition coefficient (Wildman–Crippen LogP) is 2.25. The maximum atomic E-state index is 14.9. The minimum Gasteiger partial charge on any atom is -0.408 e. The second-order valence-corrected chi connectivity index (χ2v) is 10.0. The van der Waals surface area contributed by atoms with Gasteiger partial charge >= 0.3 is 5.76 Å². The fraction of sp³-hybridized carbons (Fsp3) is 0.250. The van der Waals surface area contributed by atoms with Crippen molar-refractivity contribution < 1.29 is 17.2 Å². The molecule has 0 fully saturated rings. The molecule has 1 atom stereocenters. The zero-order valence-electron chi connectivity index (χ0n) is 16.6. The second kappa shape index (κ2) is 7.80. The lowest BCUT2D eigenvalue weighted by Crippen LogP contribution is -2.28. The number of anilines is 1. The fourth-order valence-electron chi connectivity index (χ4n) is 4.04. The van der Waals surface area contributed by atoms with Crippen LogP contribution in [0.25, 0.3) is 11.1 Å². The molecule has 12 heteroatoms. The minimum atomic E-state index is -4.29. The van der Waals surface area contributed by atoms with Crippen LogP contribution in [0.2, 0.25) is 0 Å². The van der Waals surface area contributed by atoms with Crippen molar-refractivity contribution in [1.82, 2.24) is 13.9 Å². The summed E-state index contributed by atoms with van der Waals surface area (Å²) in [6, 6.07) is 7.96. The van der Waals surface area contributed by atoms with Gasteiger partial charge in [0.15, 0.2) is 5.58 Å². The van der Waals surface area contributed by atoms with Crippen molar-refractivity contribution in [3.05, 3.63) is 69.7 Å². The molecule has 0 bridgehead atoms. The van der Waals surface area contributed by atoms with Crippen LogP contribution in [0.3, 0.4) is 0 Å². The van der Waals surface area contributed by atoms with Crippen LogP contribution in [0.1, 0.15) is 23.1 Å². The first-order valence-electron chi connectivity index (χ1n) is 9.79. The number of nitrogens with one attached hydrogen (secondary N) is 1. The van der Waals surface area contributed by atoms with Crippen molar-refractivity contribution >= 4 is 37.8 Å². The highest BCUT2D eigenvalue weighted by atomic mass is 32.2. The fourth-order valence-corrected chi connectivity index (χ4v) is 5.78. The summed E-state index contributed by atoms with van der Waals surface area (Å²) < 4.78 is 52.5. The largest absolute Gasteiger partial charge is 0.420 e. The number of aromatic nitrogens is 3. The number of halogens is 1. The Balaban J connectivity index is 1.54. The maximum absolute atomic E-state index is 14.9. The number of hydrogen-bond donors (Lipinski definition) is 2. The van der Waals surface area contributed by atoms with Gasteiger partial charge in [-0.2, -0.15) is 4.37 Å². The van der Waals surface area contributed by atoms with Crippen LogP contribution in [-0.2, 0) is 29.4 Å². The van der Waals surface area contributed by atoms with Crippen molar-refractivity contribution in [3.63, 3.8) is 0 Å². The van der Waals surface area contributed by atoms with E-state index in [1.54, 1.807) is 0 Å². The number of oxazole rings is 1. The summed E-state index contributed by atoms with van der Waals surface area (Å²) in [6.07, 6.45) is 3.59. The van der Waals surface area contributed by atoms with E-state index in [9.17, 15) is 17.6 Å². The van der Waals surface area contributed by atoms with Crippen LogP contribution >= 0.6 is 11.5 Å². The number of fused-ring (bicyclic) bond motifs is 2. The van der Waals surface area contributed by atoms with Crippen molar-refractivity contribution in [2.75, 3.05) is 4.72 Å². The molecule has 5 rings (SSSR count). The van der Waals surface area contributed by atoms with Gasteiger partial charge in [-0.05, 0) is 36.0 Å². The van der Waals surface area contributed by atoms with Crippen LogP contribution in [0.15, 0.2) is 50.8 Å². The topological polar surface area (TPSA) is 133 Å². The highest BCUT2D eigenvalue weighted by molar-refractivity contribution is 7.93. The smallest absolute Gasteiger partial charge is 0.408 e. The first-order valence-corrected chi connectivity index (χ1v) is 12.0. The van der Waals surface area contributed by atoms with Gasteiger partial charge in [0.25, 0.3) is 10.0 Å². The summed E-state index contributed by atoms with van der Waals surface area (Å²) in [5.74, 6) is -1.71. The highest BCUT2D eigenvalue weighted by Crippen LogP contribution is 2.28. The van der Waals surface area contributed by atoms with Crippen LogP contribution < -0.4 is 16.2 Å². The average molecular weight is 476 g/mol. The second-order valence-electron chi connectivity index (χ2n) is 7.61. The van der Waals surface area contributed by atoms with Crippen LogP contribution in [-0.4, -0.2) is 28.4 Å². The molecule has 2 aromatic carbocycles. The molecule has 3 N–H and O–H groups in total. The lowest BCUT2D eigenvalue weighted by Gasteiger charge is -2.23. The molecule has 0 radical (unpaired) electrons. The van der Waals surface area contributed by atoms with E-state index < -0.39 is 26.5 Å². The molecule has 2 aromatic heterocycles. The monoisotopic (exact) mass is 475 g/mol. The molecule has 1 unspecified atom stereocenters. The van der Waals surface area contributed by atoms with Crippen molar-refractivity contribution in [2.24, 2.45) is 5.73 Å². The summed E-state index contributed by atoms with van der Waals surface area (Å²) in [4.78, 5) is 15.7. The summed E-state index contributed by atoms with van der Waals surface area (Å²) >= 11 is 0.814. The molecule has 2 heterocycles. The Labute approximate surface area is 185 Å². The Kier molecular flexibility index (Phi) is 5.07. The molecule has 1 aliphatic carbocycles. The van der Waals surface area contributed by atoms with Gasteiger partial charge in [-0.25, -0.2) is 22.6 Å². The number of nitrogens with zero attached hydrogens (tertiary/aromatic N) is 3.